The average molecular weight is 574 g/mol. The summed E-state index contributed by atoms with van der Waals surface area (Å²) < 4.78 is 13.9. The second-order valence-corrected chi connectivity index (χ2v) is 10.7. The first-order valence-corrected chi connectivity index (χ1v) is 14.6. The molecule has 7 nitrogen and oxygen atoms in total. The van der Waals surface area contributed by atoms with Gasteiger partial charge in [-0.2, -0.15) is 0 Å². The highest BCUT2D eigenvalue weighted by Crippen LogP contribution is 2.35. The maximum Gasteiger partial charge on any atom is 0.310 e. The topological polar surface area (TPSA) is 85.6 Å². The lowest BCUT2D eigenvalue weighted by Crippen LogP contribution is -2.25. The lowest BCUT2D eigenvalue weighted by Gasteiger charge is -2.24. The molecule has 0 amide bonds. The van der Waals surface area contributed by atoms with E-state index in [4.69, 9.17) is 26.1 Å². The molecule has 4 aromatic rings. The first kappa shape index (κ1) is 28.7. The van der Waals surface area contributed by atoms with Crippen molar-refractivity contribution in [3.63, 3.8) is 0 Å². The number of carbonyl (C=O) groups is 1. The van der Waals surface area contributed by atoms with Crippen molar-refractivity contribution in [3.05, 3.63) is 100 Å². The van der Waals surface area contributed by atoms with E-state index in [9.17, 15) is 9.90 Å². The van der Waals surface area contributed by atoms with E-state index in [1.54, 1.807) is 6.92 Å². The molecule has 2 N–H and O–H groups in total. The molecule has 0 radical (unpaired) electrons. The lowest BCUT2D eigenvalue weighted by molar-refractivity contribution is -0.138. The minimum absolute atomic E-state index is 0.0957. The molecular weight excluding hydrogens is 538 g/mol. The molecule has 1 aromatic heterocycles. The number of carboxylic acid groups (broad SMARTS) is 1. The Morgan fingerprint density at radius 3 is 2.44 bits per heavy atom. The Kier molecular flexibility index (Phi) is 9.27. The van der Waals surface area contributed by atoms with E-state index < -0.39 is 11.9 Å². The van der Waals surface area contributed by atoms with E-state index >= 15 is 0 Å². The van der Waals surface area contributed by atoms with E-state index in [2.05, 4.69) is 35.0 Å². The van der Waals surface area contributed by atoms with Crippen molar-refractivity contribution in [3.8, 4) is 22.9 Å². The molecule has 0 saturated heterocycles. The number of nitrogens with zero attached hydrogens (tertiary/aromatic N) is 2. The number of nitrogens with one attached hydrogen (secondary N) is 1. The number of fused-ring (bicyclic) bond motifs is 1. The predicted octanol–water partition coefficient (Wildman–Crippen LogP) is 7.04. The van der Waals surface area contributed by atoms with Gasteiger partial charge in [-0.3, -0.25) is 4.79 Å². The number of aliphatic carboxylic acids is 1. The van der Waals surface area contributed by atoms with Crippen molar-refractivity contribution in [2.75, 3.05) is 13.2 Å². The Labute approximate surface area is 246 Å². The molecule has 3 aromatic carbocycles. The maximum atomic E-state index is 11.4. The number of benzene rings is 3. The van der Waals surface area contributed by atoms with Crippen LogP contribution in [0.2, 0.25) is 5.15 Å². The van der Waals surface area contributed by atoms with Crippen molar-refractivity contribution < 1.29 is 19.4 Å². The molecule has 0 fully saturated rings. The van der Waals surface area contributed by atoms with Crippen molar-refractivity contribution in [1.29, 1.82) is 0 Å². The third-order valence-corrected chi connectivity index (χ3v) is 7.86. The molecule has 0 spiro atoms. The largest absolute Gasteiger partial charge is 0.486 e. The van der Waals surface area contributed by atoms with Crippen molar-refractivity contribution in [2.24, 2.45) is 0 Å². The molecule has 2 atom stereocenters. The highest BCUT2D eigenvalue weighted by Gasteiger charge is 2.23. The van der Waals surface area contributed by atoms with Gasteiger partial charge < -0.3 is 24.5 Å². The van der Waals surface area contributed by atoms with Gasteiger partial charge in [0.2, 0.25) is 0 Å². The Balaban J connectivity index is 1.46. The van der Waals surface area contributed by atoms with Crippen LogP contribution in [0, 0.1) is 0 Å². The van der Waals surface area contributed by atoms with Crippen LogP contribution in [-0.4, -0.2) is 33.8 Å². The van der Waals surface area contributed by atoms with Gasteiger partial charge in [-0.25, -0.2) is 4.98 Å². The number of rotatable bonds is 12. The summed E-state index contributed by atoms with van der Waals surface area (Å²) in [6, 6.07) is 23.9. The molecule has 5 rings (SSSR count). The summed E-state index contributed by atoms with van der Waals surface area (Å²) in [5.41, 5.74) is 4.92. The summed E-state index contributed by atoms with van der Waals surface area (Å²) in [6.07, 6.45) is 2.70. The predicted molar refractivity (Wildman–Crippen MR) is 161 cm³/mol. The number of hydrogen-bond donors (Lipinski definition) is 2. The zero-order valence-corrected chi connectivity index (χ0v) is 24.2. The average Bonchev–Trinajstić information content (AvgIpc) is 3.32. The van der Waals surface area contributed by atoms with Crippen LogP contribution in [0.25, 0.3) is 11.4 Å². The van der Waals surface area contributed by atoms with Crippen molar-refractivity contribution >= 4 is 17.6 Å². The SMILES string of the molecule is CCCCn1c(-c2ccccc2)nc(Cl)c1CC(NCc1ccc(C(C)C(=O)O)cc1)c1ccc2c(c1)OCCO2. The fourth-order valence-electron chi connectivity index (χ4n) is 5.10. The first-order chi connectivity index (χ1) is 19.9. The van der Waals surface area contributed by atoms with Crippen LogP contribution in [0.3, 0.4) is 0 Å². The molecule has 2 unspecified atom stereocenters. The third kappa shape index (κ3) is 6.75. The normalized spacial score (nSPS) is 14.0. The first-order valence-electron chi connectivity index (χ1n) is 14.2. The van der Waals surface area contributed by atoms with Crippen LogP contribution in [0.4, 0.5) is 0 Å². The van der Waals surface area contributed by atoms with E-state index in [0.717, 1.165) is 64.7 Å². The molecule has 2 heterocycles. The molecular formula is C33H36ClN3O4. The Morgan fingerprint density at radius 1 is 1.02 bits per heavy atom. The zero-order chi connectivity index (χ0) is 28.8. The van der Waals surface area contributed by atoms with Gasteiger partial charge in [-0.1, -0.05) is 85.6 Å². The van der Waals surface area contributed by atoms with Crippen LogP contribution >= 0.6 is 11.6 Å². The van der Waals surface area contributed by atoms with Crippen LogP contribution < -0.4 is 14.8 Å². The summed E-state index contributed by atoms with van der Waals surface area (Å²) >= 11 is 6.86. The van der Waals surface area contributed by atoms with Gasteiger partial charge in [0.05, 0.1) is 11.6 Å². The molecule has 0 aliphatic carbocycles. The van der Waals surface area contributed by atoms with Crippen LogP contribution in [0.15, 0.2) is 72.8 Å². The fraction of sp³-hybridized carbons (Fsp3) is 0.333. The number of aromatic nitrogens is 2. The Bertz CT molecular complexity index is 1470. The lowest BCUT2D eigenvalue weighted by atomic mass is 9.99. The molecule has 41 heavy (non-hydrogen) atoms. The summed E-state index contributed by atoms with van der Waals surface area (Å²) in [4.78, 5) is 16.2. The minimum Gasteiger partial charge on any atom is -0.486 e. The van der Waals surface area contributed by atoms with Gasteiger partial charge in [0.1, 0.15) is 19.0 Å². The standard InChI is InChI=1S/C33H36ClN3O4/c1-3-4-16-37-28(31(34)36-32(37)25-8-6-5-7-9-25)20-27(26-14-15-29-30(19-26)41-18-17-40-29)35-21-23-10-12-24(13-11-23)22(2)33(38)39/h5-15,19,22,27,35H,3-4,16-18,20-21H2,1-2H3,(H,38,39). The quantitative estimate of drug-likeness (QED) is 0.189. The number of ether oxygens (including phenoxy) is 2. The molecule has 1 aliphatic heterocycles. The summed E-state index contributed by atoms with van der Waals surface area (Å²) in [7, 11) is 0. The second-order valence-electron chi connectivity index (χ2n) is 10.4. The second kappa shape index (κ2) is 13.2. The molecule has 1 aliphatic rings. The molecule has 8 heteroatoms. The molecule has 214 valence electrons. The van der Waals surface area contributed by atoms with Gasteiger partial charge in [0.25, 0.3) is 0 Å². The monoisotopic (exact) mass is 573 g/mol. The number of unbranched alkanes of at least 4 members (excludes halogenated alkanes) is 1. The van der Waals surface area contributed by atoms with E-state index in [-0.39, 0.29) is 6.04 Å². The van der Waals surface area contributed by atoms with E-state index in [1.807, 2.05) is 54.6 Å². The molecule has 0 saturated carbocycles. The van der Waals surface area contributed by atoms with E-state index in [1.165, 1.54) is 0 Å². The summed E-state index contributed by atoms with van der Waals surface area (Å²) in [6.45, 7) is 6.36. The van der Waals surface area contributed by atoms with Crippen LogP contribution in [0.1, 0.15) is 61.0 Å². The summed E-state index contributed by atoms with van der Waals surface area (Å²) in [5.74, 6) is 0.985. The minimum atomic E-state index is -0.832. The number of imidazole rings is 1. The number of carboxylic acids is 1. The van der Waals surface area contributed by atoms with Crippen molar-refractivity contribution in [2.45, 2.75) is 58.2 Å². The van der Waals surface area contributed by atoms with Gasteiger partial charge in [0.15, 0.2) is 16.7 Å². The smallest absolute Gasteiger partial charge is 0.310 e. The Morgan fingerprint density at radius 2 is 1.73 bits per heavy atom. The fourth-order valence-corrected chi connectivity index (χ4v) is 5.36. The van der Waals surface area contributed by atoms with Gasteiger partial charge in [0, 0.05) is 31.1 Å². The zero-order valence-electron chi connectivity index (χ0n) is 23.5. The number of halogens is 1. The highest BCUT2D eigenvalue weighted by atomic mass is 35.5. The van der Waals surface area contributed by atoms with Gasteiger partial charge in [-0.05, 0) is 42.2 Å². The highest BCUT2D eigenvalue weighted by molar-refractivity contribution is 6.30. The van der Waals surface area contributed by atoms with Crippen LogP contribution in [-0.2, 0) is 24.3 Å². The third-order valence-electron chi connectivity index (χ3n) is 7.56. The molecule has 0 bridgehead atoms. The van der Waals surface area contributed by atoms with E-state index in [0.29, 0.717) is 31.3 Å². The van der Waals surface area contributed by atoms with Gasteiger partial charge >= 0.3 is 5.97 Å². The maximum absolute atomic E-state index is 11.4. The van der Waals surface area contributed by atoms with Crippen molar-refractivity contribution in [1.82, 2.24) is 14.9 Å². The summed E-state index contributed by atoms with van der Waals surface area (Å²) in [5, 5.41) is 13.6. The number of hydrogen-bond acceptors (Lipinski definition) is 5. The Hall–Kier alpha value is -3.81. The van der Waals surface area contributed by atoms with Gasteiger partial charge in [-0.15, -0.1) is 0 Å². The van der Waals surface area contributed by atoms with Crippen LogP contribution in [0.5, 0.6) is 11.5 Å².